The van der Waals surface area contributed by atoms with Crippen LogP contribution in [0, 0.1) is 0 Å². The maximum Gasteiger partial charge on any atom is 0.145 e. The molecule has 266 valence electrons. The van der Waals surface area contributed by atoms with Crippen molar-refractivity contribution in [2.75, 3.05) is 0 Å². The molecule has 0 unspecified atom stereocenters. The van der Waals surface area contributed by atoms with Crippen molar-refractivity contribution in [3.05, 3.63) is 212 Å². The number of benzene rings is 9. The number of aromatic nitrogens is 3. The standard InChI is InChI=1S/C54H35N3/c1-4-14-37(15-5-1)52-46-23-11-10-22-45(46)51(38-27-25-36(26-28-38)44-24-12-18-39-19-13-33-55-53(39)44)47-31-29-41(34-48(47)52)42-30-32-50-49(35-42)56-54(40-16-6-2-7-17-40)57(50)43-20-8-3-9-21-43/h1-35H. The van der Waals surface area contributed by atoms with E-state index in [4.69, 9.17) is 9.97 Å². The summed E-state index contributed by atoms with van der Waals surface area (Å²) in [7, 11) is 0. The molecule has 0 saturated heterocycles. The van der Waals surface area contributed by atoms with E-state index >= 15 is 0 Å². The molecule has 2 heterocycles. The number of hydrogen-bond acceptors (Lipinski definition) is 2. The van der Waals surface area contributed by atoms with Crippen LogP contribution in [0.4, 0.5) is 0 Å². The smallest absolute Gasteiger partial charge is 0.145 e. The zero-order valence-corrected chi connectivity index (χ0v) is 31.0. The first kappa shape index (κ1) is 32.8. The molecule has 0 spiro atoms. The summed E-state index contributed by atoms with van der Waals surface area (Å²) in [6.45, 7) is 0. The van der Waals surface area contributed by atoms with E-state index in [0.717, 1.165) is 61.3 Å². The number of nitrogens with zero attached hydrogens (tertiary/aromatic N) is 3. The molecule has 0 aliphatic carbocycles. The molecule has 11 aromatic rings. The Kier molecular flexibility index (Phi) is 7.82. The number of pyridine rings is 1. The zero-order valence-electron chi connectivity index (χ0n) is 31.0. The van der Waals surface area contributed by atoms with Crippen LogP contribution in [0.25, 0.3) is 105 Å². The van der Waals surface area contributed by atoms with Gasteiger partial charge in [-0.3, -0.25) is 9.55 Å². The Hall–Kier alpha value is -7.62. The molecule has 0 N–H and O–H groups in total. The van der Waals surface area contributed by atoms with Gasteiger partial charge in [-0.15, -0.1) is 0 Å². The predicted molar refractivity (Wildman–Crippen MR) is 239 cm³/mol. The molecule has 0 radical (unpaired) electrons. The summed E-state index contributed by atoms with van der Waals surface area (Å²) in [5, 5.41) is 6.04. The Balaban J connectivity index is 1.11. The Morgan fingerprint density at radius 3 is 1.68 bits per heavy atom. The molecule has 11 rings (SSSR count). The van der Waals surface area contributed by atoms with E-state index in [1.54, 1.807) is 0 Å². The first-order valence-corrected chi connectivity index (χ1v) is 19.4. The second-order valence-corrected chi connectivity index (χ2v) is 14.6. The topological polar surface area (TPSA) is 30.7 Å². The summed E-state index contributed by atoms with van der Waals surface area (Å²) >= 11 is 0. The molecule has 0 atom stereocenters. The van der Waals surface area contributed by atoms with E-state index in [-0.39, 0.29) is 0 Å². The van der Waals surface area contributed by atoms with Crippen LogP contribution in [0.2, 0.25) is 0 Å². The minimum Gasteiger partial charge on any atom is -0.292 e. The molecule has 0 bridgehead atoms. The molecule has 0 fully saturated rings. The van der Waals surface area contributed by atoms with Gasteiger partial charge in [0.1, 0.15) is 5.82 Å². The minimum absolute atomic E-state index is 0.928. The van der Waals surface area contributed by atoms with Gasteiger partial charge in [-0.2, -0.15) is 0 Å². The minimum atomic E-state index is 0.928. The van der Waals surface area contributed by atoms with E-state index in [0.29, 0.717) is 0 Å². The number of hydrogen-bond donors (Lipinski definition) is 0. The lowest BCUT2D eigenvalue weighted by atomic mass is 9.84. The predicted octanol–water partition coefficient (Wildman–Crippen LogP) is 14.2. The summed E-state index contributed by atoms with van der Waals surface area (Å²) in [5.41, 5.74) is 14.7. The zero-order chi connectivity index (χ0) is 37.7. The lowest BCUT2D eigenvalue weighted by molar-refractivity contribution is 1.10. The molecule has 3 nitrogen and oxygen atoms in total. The fraction of sp³-hybridized carbons (Fsp3) is 0. The average molecular weight is 726 g/mol. The average Bonchev–Trinajstić information content (AvgIpc) is 3.68. The van der Waals surface area contributed by atoms with E-state index in [9.17, 15) is 0 Å². The third-order valence-corrected chi connectivity index (χ3v) is 11.2. The van der Waals surface area contributed by atoms with Crippen LogP contribution < -0.4 is 0 Å². The van der Waals surface area contributed by atoms with Gasteiger partial charge in [0.05, 0.1) is 16.6 Å². The SMILES string of the molecule is c1ccc(-c2c3ccccc3c(-c3ccc(-c4cccc5cccnc45)cc3)c3ccc(-c4ccc5c(c4)nc(-c4ccccc4)n5-c4ccccc4)cc23)cc1. The molecule has 0 aliphatic heterocycles. The first-order valence-electron chi connectivity index (χ1n) is 19.4. The van der Waals surface area contributed by atoms with E-state index < -0.39 is 0 Å². The Bertz CT molecular complexity index is 3250. The highest BCUT2D eigenvalue weighted by molar-refractivity contribution is 6.22. The second kappa shape index (κ2) is 13.6. The van der Waals surface area contributed by atoms with Gasteiger partial charge in [0, 0.05) is 28.4 Å². The van der Waals surface area contributed by atoms with Crippen LogP contribution in [-0.2, 0) is 0 Å². The normalized spacial score (nSPS) is 11.5. The van der Waals surface area contributed by atoms with Gasteiger partial charge in [0.15, 0.2) is 0 Å². The van der Waals surface area contributed by atoms with Gasteiger partial charge in [0.2, 0.25) is 0 Å². The van der Waals surface area contributed by atoms with Crippen molar-refractivity contribution in [3.8, 4) is 61.6 Å². The maximum atomic E-state index is 5.27. The first-order chi connectivity index (χ1) is 28.3. The summed E-state index contributed by atoms with van der Waals surface area (Å²) < 4.78 is 2.27. The van der Waals surface area contributed by atoms with Crippen LogP contribution in [0.1, 0.15) is 0 Å². The van der Waals surface area contributed by atoms with Crippen molar-refractivity contribution in [2.24, 2.45) is 0 Å². The highest BCUT2D eigenvalue weighted by Gasteiger charge is 2.19. The van der Waals surface area contributed by atoms with Crippen LogP contribution in [-0.4, -0.2) is 14.5 Å². The Morgan fingerprint density at radius 1 is 0.368 bits per heavy atom. The lowest BCUT2D eigenvalue weighted by Crippen LogP contribution is -1.97. The fourth-order valence-corrected chi connectivity index (χ4v) is 8.62. The molecule has 57 heavy (non-hydrogen) atoms. The van der Waals surface area contributed by atoms with Gasteiger partial charge < -0.3 is 0 Å². The molecular formula is C54H35N3. The fourth-order valence-electron chi connectivity index (χ4n) is 8.62. The Labute approximate surface area is 330 Å². The largest absolute Gasteiger partial charge is 0.292 e. The van der Waals surface area contributed by atoms with Crippen LogP contribution in [0.15, 0.2) is 212 Å². The quantitative estimate of drug-likeness (QED) is 0.160. The van der Waals surface area contributed by atoms with Gasteiger partial charge >= 0.3 is 0 Å². The van der Waals surface area contributed by atoms with Gasteiger partial charge in [0.25, 0.3) is 0 Å². The molecule has 9 aromatic carbocycles. The summed E-state index contributed by atoms with van der Waals surface area (Å²) in [5.74, 6) is 0.928. The molecule has 0 saturated carbocycles. The molecular weight excluding hydrogens is 691 g/mol. The molecule has 0 amide bonds. The van der Waals surface area contributed by atoms with E-state index in [1.165, 1.54) is 43.8 Å². The second-order valence-electron chi connectivity index (χ2n) is 14.6. The third kappa shape index (κ3) is 5.60. The summed E-state index contributed by atoms with van der Waals surface area (Å²) in [6, 6.07) is 73.9. The van der Waals surface area contributed by atoms with E-state index in [2.05, 4.69) is 199 Å². The van der Waals surface area contributed by atoms with Crippen molar-refractivity contribution < 1.29 is 0 Å². The number of imidazole rings is 1. The Morgan fingerprint density at radius 2 is 0.930 bits per heavy atom. The van der Waals surface area contributed by atoms with Crippen molar-refractivity contribution in [2.45, 2.75) is 0 Å². The van der Waals surface area contributed by atoms with Crippen molar-refractivity contribution in [1.82, 2.24) is 14.5 Å². The van der Waals surface area contributed by atoms with Crippen LogP contribution in [0.3, 0.4) is 0 Å². The van der Waals surface area contributed by atoms with E-state index in [1.807, 2.05) is 18.3 Å². The van der Waals surface area contributed by atoms with Crippen LogP contribution in [0.5, 0.6) is 0 Å². The van der Waals surface area contributed by atoms with Gasteiger partial charge in [-0.05, 0) is 96.9 Å². The summed E-state index contributed by atoms with van der Waals surface area (Å²) in [6.07, 6.45) is 1.87. The monoisotopic (exact) mass is 725 g/mol. The van der Waals surface area contributed by atoms with Gasteiger partial charge in [-0.1, -0.05) is 170 Å². The van der Waals surface area contributed by atoms with Crippen molar-refractivity contribution in [1.29, 1.82) is 0 Å². The lowest BCUT2D eigenvalue weighted by Gasteiger charge is -2.19. The maximum absolute atomic E-state index is 5.27. The number of para-hydroxylation sites is 2. The molecule has 2 aromatic heterocycles. The summed E-state index contributed by atoms with van der Waals surface area (Å²) in [4.78, 5) is 10.0. The van der Waals surface area contributed by atoms with Gasteiger partial charge in [-0.25, -0.2) is 4.98 Å². The molecule has 3 heteroatoms. The highest BCUT2D eigenvalue weighted by atomic mass is 15.1. The van der Waals surface area contributed by atoms with Crippen molar-refractivity contribution in [3.63, 3.8) is 0 Å². The molecule has 0 aliphatic rings. The third-order valence-electron chi connectivity index (χ3n) is 11.2. The number of rotatable bonds is 6. The number of fused-ring (bicyclic) bond motifs is 4. The van der Waals surface area contributed by atoms with Crippen molar-refractivity contribution >= 4 is 43.5 Å². The highest BCUT2D eigenvalue weighted by Crippen LogP contribution is 2.45. The van der Waals surface area contributed by atoms with Crippen LogP contribution >= 0.6 is 0 Å².